The van der Waals surface area contributed by atoms with Crippen molar-refractivity contribution in [3.05, 3.63) is 52.7 Å². The number of nitrogens with zero attached hydrogens (tertiary/aromatic N) is 3. The van der Waals surface area contributed by atoms with Crippen LogP contribution in [-0.2, 0) is 0 Å². The van der Waals surface area contributed by atoms with Gasteiger partial charge in [-0.15, -0.1) is 0 Å². The molecule has 0 aliphatic carbocycles. The predicted octanol–water partition coefficient (Wildman–Crippen LogP) is 3.52. The number of pyridine rings is 1. The van der Waals surface area contributed by atoms with E-state index >= 15 is 0 Å². The van der Waals surface area contributed by atoms with Crippen LogP contribution >= 0.6 is 11.6 Å². The summed E-state index contributed by atoms with van der Waals surface area (Å²) in [6.07, 6.45) is 2.10. The molecule has 1 aromatic heterocycles. The molecule has 1 aliphatic heterocycles. The van der Waals surface area contributed by atoms with E-state index in [4.69, 9.17) is 21.1 Å². The van der Waals surface area contributed by atoms with Gasteiger partial charge in [-0.3, -0.25) is 9.59 Å². The van der Waals surface area contributed by atoms with Crippen LogP contribution < -0.4 is 9.47 Å². The SMILES string of the molecule is COc1ccccc1C(=O)N1CCCN(C(=O)c2cnc(OC(C)C)c(Cl)c2)CC1. The maximum absolute atomic E-state index is 13.0. The molecule has 1 fully saturated rings. The highest BCUT2D eigenvalue weighted by Gasteiger charge is 2.25. The summed E-state index contributed by atoms with van der Waals surface area (Å²) in [5, 5.41) is 0.303. The highest BCUT2D eigenvalue weighted by Crippen LogP contribution is 2.25. The highest BCUT2D eigenvalue weighted by molar-refractivity contribution is 6.32. The number of ether oxygens (including phenoxy) is 2. The monoisotopic (exact) mass is 431 g/mol. The van der Waals surface area contributed by atoms with Crippen LogP contribution in [0.25, 0.3) is 0 Å². The first-order chi connectivity index (χ1) is 14.4. The zero-order chi connectivity index (χ0) is 21.7. The van der Waals surface area contributed by atoms with Crippen LogP contribution in [0.4, 0.5) is 0 Å². The number of hydrogen-bond donors (Lipinski definition) is 0. The molecule has 0 saturated carbocycles. The molecule has 1 saturated heterocycles. The van der Waals surface area contributed by atoms with Crippen molar-refractivity contribution in [1.82, 2.24) is 14.8 Å². The number of carbonyl (C=O) groups is 2. The number of carbonyl (C=O) groups excluding carboxylic acids is 2. The number of amides is 2. The van der Waals surface area contributed by atoms with Crippen molar-refractivity contribution in [1.29, 1.82) is 0 Å². The second-order valence-electron chi connectivity index (χ2n) is 7.32. The third-order valence-corrected chi connectivity index (χ3v) is 5.08. The Balaban J connectivity index is 1.68. The van der Waals surface area contributed by atoms with Crippen LogP contribution in [0, 0.1) is 0 Å². The molecule has 0 spiro atoms. The van der Waals surface area contributed by atoms with Gasteiger partial charge in [0.05, 0.1) is 24.3 Å². The fourth-order valence-electron chi connectivity index (χ4n) is 3.35. The molecule has 8 heteroatoms. The molecule has 2 heterocycles. The second-order valence-corrected chi connectivity index (χ2v) is 7.72. The maximum Gasteiger partial charge on any atom is 0.257 e. The van der Waals surface area contributed by atoms with Gasteiger partial charge in [0.25, 0.3) is 11.8 Å². The number of methoxy groups -OCH3 is 1. The standard InChI is InChI=1S/C22H26ClN3O4/c1-15(2)30-20-18(23)13-16(14-24-20)21(27)25-9-6-10-26(12-11-25)22(28)17-7-4-5-8-19(17)29-3/h4-5,7-8,13-15H,6,9-12H2,1-3H3. The Hall–Kier alpha value is -2.80. The third kappa shape index (κ3) is 5.02. The van der Waals surface area contributed by atoms with Gasteiger partial charge in [-0.25, -0.2) is 4.98 Å². The lowest BCUT2D eigenvalue weighted by Gasteiger charge is -2.23. The van der Waals surface area contributed by atoms with Gasteiger partial charge in [0, 0.05) is 32.4 Å². The van der Waals surface area contributed by atoms with E-state index in [1.807, 2.05) is 26.0 Å². The number of hydrogen-bond acceptors (Lipinski definition) is 5. The Morgan fingerprint density at radius 3 is 2.37 bits per heavy atom. The molecule has 0 radical (unpaired) electrons. The molecular formula is C22H26ClN3O4. The van der Waals surface area contributed by atoms with Gasteiger partial charge in [0.2, 0.25) is 5.88 Å². The molecule has 2 amide bonds. The first-order valence-corrected chi connectivity index (χ1v) is 10.3. The topological polar surface area (TPSA) is 72.0 Å². The van der Waals surface area contributed by atoms with Crippen LogP contribution in [0.2, 0.25) is 5.02 Å². The van der Waals surface area contributed by atoms with Gasteiger partial charge in [-0.2, -0.15) is 0 Å². The zero-order valence-electron chi connectivity index (χ0n) is 17.4. The molecular weight excluding hydrogens is 406 g/mol. The van der Waals surface area contributed by atoms with Gasteiger partial charge in [0.1, 0.15) is 10.8 Å². The fraction of sp³-hybridized carbons (Fsp3) is 0.409. The smallest absolute Gasteiger partial charge is 0.257 e. The van der Waals surface area contributed by atoms with E-state index in [9.17, 15) is 9.59 Å². The molecule has 2 aromatic rings. The summed E-state index contributed by atoms with van der Waals surface area (Å²) in [5.74, 6) is 0.602. The molecule has 1 aromatic carbocycles. The minimum Gasteiger partial charge on any atom is -0.496 e. The number of rotatable bonds is 5. The first-order valence-electron chi connectivity index (χ1n) is 9.94. The molecule has 3 rings (SSSR count). The minimum atomic E-state index is -0.160. The first kappa shape index (κ1) is 21.9. The van der Waals surface area contributed by atoms with Gasteiger partial charge in [0.15, 0.2) is 0 Å². The van der Waals surface area contributed by atoms with Crippen molar-refractivity contribution in [2.45, 2.75) is 26.4 Å². The van der Waals surface area contributed by atoms with Crippen LogP contribution in [-0.4, -0.2) is 66.0 Å². The quantitative estimate of drug-likeness (QED) is 0.724. The number of halogens is 1. The summed E-state index contributed by atoms with van der Waals surface area (Å²) in [7, 11) is 1.55. The normalized spacial score (nSPS) is 14.4. The number of aromatic nitrogens is 1. The van der Waals surface area contributed by atoms with Crippen molar-refractivity contribution in [2.24, 2.45) is 0 Å². The van der Waals surface area contributed by atoms with Crippen molar-refractivity contribution in [2.75, 3.05) is 33.3 Å². The Morgan fingerprint density at radius 2 is 1.73 bits per heavy atom. The third-order valence-electron chi connectivity index (χ3n) is 4.81. The summed E-state index contributed by atoms with van der Waals surface area (Å²) in [6, 6.07) is 8.74. The molecule has 0 atom stereocenters. The molecule has 30 heavy (non-hydrogen) atoms. The van der Waals surface area contributed by atoms with Crippen LogP contribution in [0.1, 0.15) is 41.0 Å². The summed E-state index contributed by atoms with van der Waals surface area (Å²) >= 11 is 6.23. The molecule has 0 unspecified atom stereocenters. The predicted molar refractivity (Wildman–Crippen MR) is 114 cm³/mol. The lowest BCUT2D eigenvalue weighted by atomic mass is 10.1. The summed E-state index contributed by atoms with van der Waals surface area (Å²) < 4.78 is 10.8. The van der Waals surface area contributed by atoms with E-state index in [2.05, 4.69) is 4.98 Å². The van der Waals surface area contributed by atoms with E-state index in [1.54, 1.807) is 35.1 Å². The maximum atomic E-state index is 13.0. The molecule has 160 valence electrons. The van der Waals surface area contributed by atoms with Crippen molar-refractivity contribution in [3.8, 4) is 11.6 Å². The molecule has 0 N–H and O–H groups in total. The number of benzene rings is 1. The molecule has 0 bridgehead atoms. The Morgan fingerprint density at radius 1 is 1.07 bits per heavy atom. The van der Waals surface area contributed by atoms with Crippen LogP contribution in [0.5, 0.6) is 11.6 Å². The van der Waals surface area contributed by atoms with Crippen molar-refractivity contribution < 1.29 is 19.1 Å². The van der Waals surface area contributed by atoms with Crippen LogP contribution in [0.15, 0.2) is 36.5 Å². The highest BCUT2D eigenvalue weighted by atomic mass is 35.5. The van der Waals surface area contributed by atoms with Crippen molar-refractivity contribution in [3.63, 3.8) is 0 Å². The van der Waals surface area contributed by atoms with Crippen LogP contribution in [0.3, 0.4) is 0 Å². The van der Waals surface area contributed by atoms with Gasteiger partial charge >= 0.3 is 0 Å². The summed E-state index contributed by atoms with van der Waals surface area (Å²) in [5.41, 5.74) is 0.928. The lowest BCUT2D eigenvalue weighted by molar-refractivity contribution is 0.0716. The molecule has 1 aliphatic rings. The minimum absolute atomic E-state index is 0.0612. The Labute approximate surface area is 181 Å². The summed E-state index contributed by atoms with van der Waals surface area (Å²) in [6.45, 7) is 5.76. The average Bonchev–Trinajstić information content (AvgIpc) is 3.00. The van der Waals surface area contributed by atoms with Gasteiger partial charge < -0.3 is 19.3 Å². The van der Waals surface area contributed by atoms with E-state index in [1.165, 1.54) is 6.20 Å². The van der Waals surface area contributed by atoms with Gasteiger partial charge in [-0.1, -0.05) is 23.7 Å². The van der Waals surface area contributed by atoms with E-state index in [0.29, 0.717) is 60.4 Å². The Bertz CT molecular complexity index is 919. The van der Waals surface area contributed by atoms with E-state index in [-0.39, 0.29) is 17.9 Å². The van der Waals surface area contributed by atoms with Gasteiger partial charge in [-0.05, 0) is 38.5 Å². The zero-order valence-corrected chi connectivity index (χ0v) is 18.2. The average molecular weight is 432 g/mol. The lowest BCUT2D eigenvalue weighted by Crippen LogP contribution is -2.37. The molecule has 7 nitrogen and oxygen atoms in total. The number of para-hydroxylation sites is 1. The summed E-state index contributed by atoms with van der Waals surface area (Å²) in [4.78, 5) is 33.6. The van der Waals surface area contributed by atoms with E-state index in [0.717, 1.165) is 0 Å². The second kappa shape index (κ2) is 9.80. The fourth-order valence-corrected chi connectivity index (χ4v) is 3.56. The van der Waals surface area contributed by atoms with E-state index < -0.39 is 0 Å². The Kier molecular flexibility index (Phi) is 7.15. The largest absolute Gasteiger partial charge is 0.496 e. The van der Waals surface area contributed by atoms with Crippen molar-refractivity contribution >= 4 is 23.4 Å².